The van der Waals surface area contributed by atoms with E-state index in [1.165, 1.54) is 11.1 Å². The summed E-state index contributed by atoms with van der Waals surface area (Å²) >= 11 is 1.55. The van der Waals surface area contributed by atoms with Gasteiger partial charge in [-0.15, -0.1) is 11.8 Å². The summed E-state index contributed by atoms with van der Waals surface area (Å²) in [7, 11) is 0. The van der Waals surface area contributed by atoms with E-state index in [0.717, 1.165) is 5.75 Å². The molecule has 2 N–H and O–H groups in total. The Balaban J connectivity index is 1.73. The summed E-state index contributed by atoms with van der Waals surface area (Å²) in [5.41, 5.74) is 3.06. The minimum Gasteiger partial charge on any atom is -0.482 e. The van der Waals surface area contributed by atoms with Crippen molar-refractivity contribution >= 4 is 29.3 Å². The molecule has 0 aliphatic carbocycles. The summed E-state index contributed by atoms with van der Waals surface area (Å²) in [5, 5.41) is 11.3. The highest BCUT2D eigenvalue weighted by Crippen LogP contribution is 2.17. The maximum absolute atomic E-state index is 11.9. The number of ether oxygens (including phenoxy) is 1. The first-order valence-electron chi connectivity index (χ1n) is 7.41. The Bertz CT molecular complexity index is 683. The van der Waals surface area contributed by atoms with Crippen LogP contribution in [0.4, 0.5) is 5.69 Å². The van der Waals surface area contributed by atoms with E-state index in [0.29, 0.717) is 17.2 Å². The molecule has 2 aromatic carbocycles. The lowest BCUT2D eigenvalue weighted by atomic mass is 10.2. The van der Waals surface area contributed by atoms with Crippen molar-refractivity contribution < 1.29 is 19.4 Å². The normalized spacial score (nSPS) is 10.2. The van der Waals surface area contributed by atoms with Gasteiger partial charge in [-0.2, -0.15) is 0 Å². The molecule has 0 saturated heterocycles. The smallest absolute Gasteiger partial charge is 0.341 e. The van der Waals surface area contributed by atoms with Gasteiger partial charge in [-0.25, -0.2) is 4.79 Å². The largest absolute Gasteiger partial charge is 0.482 e. The number of rotatable bonds is 8. The second-order valence-electron chi connectivity index (χ2n) is 5.23. The summed E-state index contributed by atoms with van der Waals surface area (Å²) in [6, 6.07) is 14.9. The van der Waals surface area contributed by atoms with E-state index in [1.54, 1.807) is 36.0 Å². The fraction of sp³-hybridized carbons (Fsp3) is 0.222. The van der Waals surface area contributed by atoms with Gasteiger partial charge in [-0.3, -0.25) is 4.79 Å². The van der Waals surface area contributed by atoms with Gasteiger partial charge in [0, 0.05) is 11.4 Å². The molecular formula is C18H19NO4S. The van der Waals surface area contributed by atoms with Gasteiger partial charge >= 0.3 is 5.97 Å². The number of amides is 1. The monoisotopic (exact) mass is 345 g/mol. The Labute approximate surface area is 145 Å². The molecule has 1 amide bonds. The van der Waals surface area contributed by atoms with Crippen LogP contribution in [0.3, 0.4) is 0 Å². The number of carbonyl (C=O) groups excluding carboxylic acids is 1. The van der Waals surface area contributed by atoms with Crippen LogP contribution in [0.1, 0.15) is 11.1 Å². The van der Waals surface area contributed by atoms with Crippen LogP contribution < -0.4 is 10.1 Å². The van der Waals surface area contributed by atoms with Crippen LogP contribution in [0.5, 0.6) is 5.75 Å². The molecule has 0 aromatic heterocycles. The molecule has 126 valence electrons. The topological polar surface area (TPSA) is 75.6 Å². The highest BCUT2D eigenvalue weighted by atomic mass is 32.2. The summed E-state index contributed by atoms with van der Waals surface area (Å²) in [5.74, 6) is 0.495. The molecule has 0 saturated carbocycles. The average molecular weight is 345 g/mol. The molecule has 0 aliphatic heterocycles. The molecule has 2 aromatic rings. The lowest BCUT2D eigenvalue weighted by Crippen LogP contribution is -2.14. The predicted molar refractivity (Wildman–Crippen MR) is 95.5 cm³/mol. The van der Waals surface area contributed by atoms with Gasteiger partial charge in [0.05, 0.1) is 5.75 Å². The number of hydrogen-bond donors (Lipinski definition) is 2. The van der Waals surface area contributed by atoms with E-state index in [9.17, 15) is 9.59 Å². The van der Waals surface area contributed by atoms with Gasteiger partial charge in [-0.1, -0.05) is 29.8 Å². The zero-order valence-corrected chi connectivity index (χ0v) is 14.1. The molecule has 2 rings (SSSR count). The number of thioether (sulfide) groups is 1. The number of benzene rings is 2. The van der Waals surface area contributed by atoms with Crippen molar-refractivity contribution in [3.63, 3.8) is 0 Å². The molecule has 0 atom stereocenters. The van der Waals surface area contributed by atoms with Crippen LogP contribution in [-0.2, 0) is 15.3 Å². The molecule has 0 aliphatic rings. The van der Waals surface area contributed by atoms with Crippen LogP contribution in [0, 0.1) is 6.92 Å². The minimum atomic E-state index is -1.03. The molecule has 0 heterocycles. The Hall–Kier alpha value is -2.47. The van der Waals surface area contributed by atoms with Gasteiger partial charge < -0.3 is 15.2 Å². The van der Waals surface area contributed by atoms with Crippen LogP contribution >= 0.6 is 11.8 Å². The standard InChI is InChI=1S/C18H19NO4S/c1-13-2-4-14(5-3-13)11-24-12-17(20)19-15-6-8-16(9-7-15)23-10-18(21)22/h2-9H,10-12H2,1H3,(H,19,20)(H,21,22). The number of carbonyl (C=O) groups is 2. The second-order valence-corrected chi connectivity index (χ2v) is 6.22. The lowest BCUT2D eigenvalue weighted by molar-refractivity contribution is -0.139. The van der Waals surface area contributed by atoms with Crippen LogP contribution in [0.25, 0.3) is 0 Å². The molecule has 6 heteroatoms. The summed E-state index contributed by atoms with van der Waals surface area (Å²) in [4.78, 5) is 22.3. The summed E-state index contributed by atoms with van der Waals surface area (Å²) in [6.07, 6.45) is 0. The van der Waals surface area contributed by atoms with Gasteiger partial charge in [-0.05, 0) is 36.8 Å². The minimum absolute atomic E-state index is 0.0775. The highest BCUT2D eigenvalue weighted by molar-refractivity contribution is 7.99. The van der Waals surface area contributed by atoms with Crippen LogP contribution in [0.15, 0.2) is 48.5 Å². The van der Waals surface area contributed by atoms with Crippen LogP contribution in [-0.4, -0.2) is 29.3 Å². The van der Waals surface area contributed by atoms with Gasteiger partial charge in [0.25, 0.3) is 0 Å². The lowest BCUT2D eigenvalue weighted by Gasteiger charge is -2.07. The quantitative estimate of drug-likeness (QED) is 0.767. The number of carboxylic acid groups (broad SMARTS) is 1. The van der Waals surface area contributed by atoms with Gasteiger partial charge in [0.1, 0.15) is 5.75 Å². The number of aryl methyl sites for hydroxylation is 1. The van der Waals surface area contributed by atoms with E-state index in [-0.39, 0.29) is 12.5 Å². The third-order valence-electron chi connectivity index (χ3n) is 3.12. The predicted octanol–water partition coefficient (Wildman–Crippen LogP) is 3.33. The fourth-order valence-electron chi connectivity index (χ4n) is 1.92. The molecule has 0 fully saturated rings. The maximum atomic E-state index is 11.9. The Morgan fingerprint density at radius 2 is 1.75 bits per heavy atom. The third-order valence-corrected chi connectivity index (χ3v) is 4.13. The first-order chi connectivity index (χ1) is 11.5. The van der Waals surface area contributed by atoms with Gasteiger partial charge in [0.15, 0.2) is 6.61 Å². The first-order valence-corrected chi connectivity index (χ1v) is 8.56. The third kappa shape index (κ3) is 6.34. The second kappa shape index (κ2) is 8.98. The van der Waals surface area contributed by atoms with E-state index in [4.69, 9.17) is 9.84 Å². The molecule has 0 bridgehead atoms. The molecule has 0 unspecified atom stereocenters. The SMILES string of the molecule is Cc1ccc(CSCC(=O)Nc2ccc(OCC(=O)O)cc2)cc1. The van der Waals surface area contributed by atoms with Crippen molar-refractivity contribution in [3.05, 3.63) is 59.7 Å². The average Bonchev–Trinajstić information content (AvgIpc) is 2.56. The summed E-state index contributed by atoms with van der Waals surface area (Å²) in [6.45, 7) is 1.66. The van der Waals surface area contributed by atoms with Crippen molar-refractivity contribution in [3.8, 4) is 5.75 Å². The summed E-state index contributed by atoms with van der Waals surface area (Å²) < 4.78 is 5.03. The van der Waals surface area contributed by atoms with E-state index in [1.807, 2.05) is 6.92 Å². The molecule has 24 heavy (non-hydrogen) atoms. The first kappa shape index (κ1) is 17.9. The highest BCUT2D eigenvalue weighted by Gasteiger charge is 2.04. The Morgan fingerprint density at radius 1 is 1.08 bits per heavy atom. The van der Waals surface area contributed by atoms with Crippen molar-refractivity contribution in [1.29, 1.82) is 0 Å². The van der Waals surface area contributed by atoms with E-state index in [2.05, 4.69) is 29.6 Å². The Morgan fingerprint density at radius 3 is 2.38 bits per heavy atom. The van der Waals surface area contributed by atoms with Crippen molar-refractivity contribution in [1.82, 2.24) is 0 Å². The van der Waals surface area contributed by atoms with Crippen LogP contribution in [0.2, 0.25) is 0 Å². The molecule has 0 radical (unpaired) electrons. The Kier molecular flexibility index (Phi) is 6.69. The fourth-order valence-corrected chi connectivity index (χ4v) is 2.71. The molecule has 5 nitrogen and oxygen atoms in total. The van der Waals surface area contributed by atoms with E-state index < -0.39 is 5.97 Å². The molecular weight excluding hydrogens is 326 g/mol. The zero-order chi connectivity index (χ0) is 17.4. The number of nitrogens with one attached hydrogen (secondary N) is 1. The zero-order valence-electron chi connectivity index (χ0n) is 13.3. The maximum Gasteiger partial charge on any atom is 0.341 e. The number of aliphatic carboxylic acids is 1. The van der Waals surface area contributed by atoms with Gasteiger partial charge in [0.2, 0.25) is 5.91 Å². The number of carboxylic acids is 1. The molecule has 0 spiro atoms. The number of hydrogen-bond acceptors (Lipinski definition) is 4. The number of anilines is 1. The van der Waals surface area contributed by atoms with Crippen molar-refractivity contribution in [2.75, 3.05) is 17.7 Å². The van der Waals surface area contributed by atoms with Crippen molar-refractivity contribution in [2.24, 2.45) is 0 Å². The van der Waals surface area contributed by atoms with E-state index >= 15 is 0 Å². The van der Waals surface area contributed by atoms with Crippen molar-refractivity contribution in [2.45, 2.75) is 12.7 Å².